The minimum absolute atomic E-state index is 0.156. The van der Waals surface area contributed by atoms with Crippen molar-refractivity contribution in [2.75, 3.05) is 52.5 Å². The number of rotatable bonds is 15. The van der Waals surface area contributed by atoms with Crippen molar-refractivity contribution >= 4 is 11.9 Å². The summed E-state index contributed by atoms with van der Waals surface area (Å²) >= 11 is 0. The van der Waals surface area contributed by atoms with Crippen molar-refractivity contribution < 1.29 is 41.7 Å². The van der Waals surface area contributed by atoms with Crippen LogP contribution in [0.15, 0.2) is 158 Å². The Morgan fingerprint density at radius 2 is 0.851 bits per heavy atom. The molecular formula is C54H58F4N4O5. The molecular weight excluding hydrogens is 861 g/mol. The molecule has 6 aromatic carbocycles. The number of carboxylic acid groups (broad SMARTS) is 1. The first kappa shape index (κ1) is 49.9. The highest BCUT2D eigenvalue weighted by atomic mass is 19.1. The van der Waals surface area contributed by atoms with Gasteiger partial charge >= 0.3 is 5.97 Å². The molecule has 9 nitrogen and oxygen atoms in total. The molecule has 0 radical (unpaired) electrons. The first-order chi connectivity index (χ1) is 32.6. The van der Waals surface area contributed by atoms with Crippen molar-refractivity contribution in [2.24, 2.45) is 17.6 Å². The Hall–Kier alpha value is -6.54. The molecule has 0 aromatic heterocycles. The number of carbonyl (C=O) groups excluding carboxylic acids is 1. The molecule has 1 amide bonds. The van der Waals surface area contributed by atoms with Crippen molar-refractivity contribution in [3.8, 4) is 11.5 Å². The smallest absolute Gasteiger partial charge is 0.306 e. The summed E-state index contributed by atoms with van der Waals surface area (Å²) in [6.45, 7) is 6.16. The molecule has 6 aromatic rings. The Bertz CT molecular complexity index is 2340. The number of aliphatic carboxylic acids is 1. The van der Waals surface area contributed by atoms with E-state index in [0.29, 0.717) is 37.2 Å². The predicted molar refractivity (Wildman–Crippen MR) is 251 cm³/mol. The van der Waals surface area contributed by atoms with Gasteiger partial charge in [0.25, 0.3) is 0 Å². The van der Waals surface area contributed by atoms with E-state index in [1.165, 1.54) is 24.3 Å². The van der Waals surface area contributed by atoms with Crippen LogP contribution in [-0.2, 0) is 9.59 Å². The second kappa shape index (κ2) is 26.0. The molecule has 0 aliphatic carbocycles. The predicted octanol–water partition coefficient (Wildman–Crippen LogP) is 9.84. The third-order valence-corrected chi connectivity index (χ3v) is 11.9. The molecule has 4 N–H and O–H groups in total. The lowest BCUT2D eigenvalue weighted by Gasteiger charge is -2.32. The standard InChI is InChI=1S/C27H28F2N2O2.C14H19NO3.C13H11F2N/c28-24-12-6-4-10-22(24)26(23-11-5-7-13-25(23)29)30-27(32)20-14-16-31(17-15-20)18-19-33-21-8-2-1-3-9-21;16-14(17)12-6-8-15(9-7-12)10-11-18-13-4-2-1-3-5-13;14-11-7-3-1-5-9(11)13(16)10-6-2-4-8-12(10)15/h1-13,20,26H,14-19H2,(H,30,32);1-5,12H,6-11H2,(H,16,17);1-8,13H,16H2. The van der Waals surface area contributed by atoms with E-state index in [1.54, 1.807) is 72.8 Å². The van der Waals surface area contributed by atoms with Crippen LogP contribution in [-0.4, -0.2) is 79.3 Å². The summed E-state index contributed by atoms with van der Waals surface area (Å²) in [4.78, 5) is 28.4. The molecule has 0 unspecified atom stereocenters. The molecule has 67 heavy (non-hydrogen) atoms. The van der Waals surface area contributed by atoms with Crippen molar-refractivity contribution in [1.29, 1.82) is 0 Å². The van der Waals surface area contributed by atoms with Crippen LogP contribution in [0.3, 0.4) is 0 Å². The minimum atomic E-state index is -0.878. The van der Waals surface area contributed by atoms with Gasteiger partial charge in [0.05, 0.1) is 18.0 Å². The van der Waals surface area contributed by atoms with E-state index in [0.717, 1.165) is 63.6 Å². The Morgan fingerprint density at radius 3 is 1.21 bits per heavy atom. The minimum Gasteiger partial charge on any atom is -0.492 e. The number of benzene rings is 6. The first-order valence-corrected chi connectivity index (χ1v) is 22.6. The lowest BCUT2D eigenvalue weighted by molar-refractivity contribution is -0.143. The number of hydrogen-bond acceptors (Lipinski definition) is 7. The fourth-order valence-corrected chi connectivity index (χ4v) is 8.06. The van der Waals surface area contributed by atoms with Crippen LogP contribution in [0.25, 0.3) is 0 Å². The lowest BCUT2D eigenvalue weighted by Crippen LogP contribution is -2.43. The largest absolute Gasteiger partial charge is 0.492 e. The number of carbonyl (C=O) groups is 2. The number of nitrogens with two attached hydrogens (primary N) is 1. The number of nitrogens with zero attached hydrogens (tertiary/aromatic N) is 2. The number of amides is 1. The van der Waals surface area contributed by atoms with Gasteiger partial charge in [0.1, 0.15) is 48.0 Å². The normalized spacial score (nSPS) is 14.6. The summed E-state index contributed by atoms with van der Waals surface area (Å²) in [5, 5.41) is 11.8. The van der Waals surface area contributed by atoms with Crippen LogP contribution in [0.5, 0.6) is 11.5 Å². The van der Waals surface area contributed by atoms with Gasteiger partial charge in [-0.2, -0.15) is 0 Å². The van der Waals surface area contributed by atoms with Gasteiger partial charge in [-0.25, -0.2) is 17.6 Å². The maximum atomic E-state index is 14.5. The number of nitrogens with one attached hydrogen (secondary N) is 1. The highest BCUT2D eigenvalue weighted by Gasteiger charge is 2.29. The zero-order valence-corrected chi connectivity index (χ0v) is 37.4. The van der Waals surface area contributed by atoms with Crippen LogP contribution in [0.4, 0.5) is 17.6 Å². The third-order valence-electron chi connectivity index (χ3n) is 11.9. The van der Waals surface area contributed by atoms with E-state index >= 15 is 0 Å². The average Bonchev–Trinajstić information content (AvgIpc) is 3.35. The Balaban J connectivity index is 0.000000183. The molecule has 2 fully saturated rings. The third kappa shape index (κ3) is 15.3. The number of halogens is 4. The number of hydrogen-bond donors (Lipinski definition) is 3. The monoisotopic (exact) mass is 918 g/mol. The molecule has 2 heterocycles. The van der Waals surface area contributed by atoms with Gasteiger partial charge in [0.2, 0.25) is 5.91 Å². The van der Waals surface area contributed by atoms with E-state index in [-0.39, 0.29) is 28.9 Å². The second-order valence-corrected chi connectivity index (χ2v) is 16.4. The molecule has 2 saturated heterocycles. The van der Waals surface area contributed by atoms with Gasteiger partial charge in [-0.05, 0) is 100 Å². The number of carboxylic acids is 1. The van der Waals surface area contributed by atoms with Gasteiger partial charge in [-0.1, -0.05) is 109 Å². The van der Waals surface area contributed by atoms with Crippen LogP contribution in [0, 0.1) is 35.1 Å². The Labute approximate surface area is 390 Å². The molecule has 2 aliphatic rings. The number of para-hydroxylation sites is 2. The molecule has 352 valence electrons. The summed E-state index contributed by atoms with van der Waals surface area (Å²) in [7, 11) is 0. The van der Waals surface area contributed by atoms with Gasteiger partial charge < -0.3 is 25.6 Å². The summed E-state index contributed by atoms with van der Waals surface area (Å²) in [5.41, 5.74) is 6.95. The quantitative estimate of drug-likeness (QED) is 0.0873. The van der Waals surface area contributed by atoms with Gasteiger partial charge in [-0.3, -0.25) is 19.4 Å². The highest BCUT2D eigenvalue weighted by Crippen LogP contribution is 2.29. The molecule has 2 aliphatic heterocycles. The van der Waals surface area contributed by atoms with Crippen LogP contribution >= 0.6 is 0 Å². The summed E-state index contributed by atoms with van der Waals surface area (Å²) in [6, 6.07) is 42.4. The van der Waals surface area contributed by atoms with Gasteiger partial charge in [-0.15, -0.1) is 0 Å². The molecule has 0 atom stereocenters. The average molecular weight is 919 g/mol. The zero-order valence-electron chi connectivity index (χ0n) is 37.4. The summed E-state index contributed by atoms with van der Waals surface area (Å²) in [6.07, 6.45) is 2.89. The second-order valence-electron chi connectivity index (χ2n) is 16.4. The molecule has 0 bridgehead atoms. The highest BCUT2D eigenvalue weighted by molar-refractivity contribution is 5.79. The zero-order chi connectivity index (χ0) is 47.4. The molecule has 0 saturated carbocycles. The van der Waals surface area contributed by atoms with E-state index in [4.69, 9.17) is 20.3 Å². The van der Waals surface area contributed by atoms with Crippen LogP contribution < -0.4 is 20.5 Å². The van der Waals surface area contributed by atoms with E-state index in [9.17, 15) is 27.2 Å². The van der Waals surface area contributed by atoms with E-state index in [2.05, 4.69) is 15.1 Å². The fourth-order valence-electron chi connectivity index (χ4n) is 8.06. The Kier molecular flexibility index (Phi) is 19.3. The first-order valence-electron chi connectivity index (χ1n) is 22.6. The molecule has 13 heteroatoms. The number of ether oxygens (including phenoxy) is 2. The Morgan fingerprint density at radius 1 is 0.522 bits per heavy atom. The van der Waals surface area contributed by atoms with Crippen LogP contribution in [0.2, 0.25) is 0 Å². The molecule has 0 spiro atoms. The number of likely N-dealkylation sites (tertiary alicyclic amines) is 2. The van der Waals surface area contributed by atoms with Crippen molar-refractivity contribution in [3.05, 3.63) is 203 Å². The van der Waals surface area contributed by atoms with E-state index in [1.807, 2.05) is 60.7 Å². The topological polar surface area (TPSA) is 117 Å². The van der Waals surface area contributed by atoms with Crippen molar-refractivity contribution in [3.63, 3.8) is 0 Å². The van der Waals surface area contributed by atoms with Crippen molar-refractivity contribution in [2.45, 2.75) is 37.8 Å². The summed E-state index contributed by atoms with van der Waals surface area (Å²) in [5.74, 6) is -1.23. The summed E-state index contributed by atoms with van der Waals surface area (Å²) < 4.78 is 67.4. The maximum Gasteiger partial charge on any atom is 0.306 e. The van der Waals surface area contributed by atoms with E-state index < -0.39 is 41.3 Å². The fraction of sp³-hybridized carbons (Fsp3) is 0.296. The van der Waals surface area contributed by atoms with Crippen LogP contribution in [0.1, 0.15) is 60.0 Å². The molecule has 8 rings (SSSR count). The van der Waals surface area contributed by atoms with Crippen molar-refractivity contribution in [1.82, 2.24) is 15.1 Å². The maximum absolute atomic E-state index is 14.5. The SMILES string of the molecule is NC(c1ccccc1F)c1ccccc1F.O=C(NC(c1ccccc1F)c1ccccc1F)C1CCN(CCOc2ccccc2)CC1.O=C(O)C1CCN(CCOc2ccccc2)CC1. The van der Waals surface area contributed by atoms with Gasteiger partial charge in [0.15, 0.2) is 0 Å². The lowest BCUT2D eigenvalue weighted by atomic mass is 9.93. The number of piperidine rings is 2. The van der Waals surface area contributed by atoms with Gasteiger partial charge in [0, 0.05) is 41.3 Å².